The van der Waals surface area contributed by atoms with Gasteiger partial charge in [0.1, 0.15) is 5.82 Å². The summed E-state index contributed by atoms with van der Waals surface area (Å²) in [6.07, 6.45) is 0. The summed E-state index contributed by atoms with van der Waals surface area (Å²) in [6.45, 7) is 7.61. The molecule has 4 heteroatoms. The Kier molecular flexibility index (Phi) is 3.55. The largest absolute Gasteiger partial charge is 0.370 e. The first-order valence-electron chi connectivity index (χ1n) is 6.31. The van der Waals surface area contributed by atoms with E-state index in [1.807, 2.05) is 12.1 Å². The lowest BCUT2D eigenvalue weighted by Crippen LogP contribution is -2.38. The molecule has 0 radical (unpaired) electrons. The lowest BCUT2D eigenvalue weighted by atomic mass is 10.0. The number of guanidine groups is 1. The van der Waals surface area contributed by atoms with E-state index in [4.69, 9.17) is 5.73 Å². The number of nitrogens with zero attached hydrogens (tertiary/aromatic N) is 2. The maximum Gasteiger partial charge on any atom is 0.191 e. The minimum Gasteiger partial charge on any atom is -0.370 e. The van der Waals surface area contributed by atoms with Crippen LogP contribution in [0, 0.1) is 18.7 Å². The Labute approximate surface area is 108 Å². The van der Waals surface area contributed by atoms with E-state index in [2.05, 4.69) is 23.7 Å². The van der Waals surface area contributed by atoms with Crippen LogP contribution < -0.4 is 5.73 Å². The SMILES string of the molecule is Cc1cc(C2CN=C(N)N2CC(C)C)ccc1F. The standard InChI is InChI=1S/C14H20FN3/c1-9(2)8-18-13(7-17-14(18)16)11-4-5-12(15)10(3)6-11/h4-6,9,13H,7-8H2,1-3H3,(H2,16,17). The first-order chi connectivity index (χ1) is 8.49. The van der Waals surface area contributed by atoms with Gasteiger partial charge in [0, 0.05) is 6.54 Å². The monoisotopic (exact) mass is 249 g/mol. The van der Waals surface area contributed by atoms with Gasteiger partial charge in [-0.25, -0.2) is 4.39 Å². The van der Waals surface area contributed by atoms with Crippen LogP contribution in [0.4, 0.5) is 4.39 Å². The van der Waals surface area contributed by atoms with Crippen LogP contribution in [0.25, 0.3) is 0 Å². The molecule has 1 aliphatic heterocycles. The maximum atomic E-state index is 13.3. The van der Waals surface area contributed by atoms with E-state index in [1.54, 1.807) is 6.92 Å². The summed E-state index contributed by atoms with van der Waals surface area (Å²) in [5.74, 6) is 0.942. The summed E-state index contributed by atoms with van der Waals surface area (Å²) in [7, 11) is 0. The molecule has 0 aromatic heterocycles. The van der Waals surface area contributed by atoms with Crippen molar-refractivity contribution in [2.45, 2.75) is 26.8 Å². The fraction of sp³-hybridized carbons (Fsp3) is 0.500. The van der Waals surface area contributed by atoms with Crippen molar-refractivity contribution in [3.63, 3.8) is 0 Å². The average molecular weight is 249 g/mol. The highest BCUT2D eigenvalue weighted by molar-refractivity contribution is 5.80. The molecule has 1 atom stereocenters. The third-order valence-corrected chi connectivity index (χ3v) is 3.23. The van der Waals surface area contributed by atoms with E-state index in [-0.39, 0.29) is 11.9 Å². The number of benzene rings is 1. The number of hydrogen-bond donors (Lipinski definition) is 1. The van der Waals surface area contributed by atoms with Crippen LogP contribution in [0.2, 0.25) is 0 Å². The molecule has 0 saturated heterocycles. The van der Waals surface area contributed by atoms with Crippen LogP contribution in [0.5, 0.6) is 0 Å². The Morgan fingerprint density at radius 2 is 2.22 bits per heavy atom. The third-order valence-electron chi connectivity index (χ3n) is 3.23. The maximum absolute atomic E-state index is 13.3. The van der Waals surface area contributed by atoms with Crippen molar-refractivity contribution < 1.29 is 4.39 Å². The first kappa shape index (κ1) is 12.9. The zero-order chi connectivity index (χ0) is 13.3. The van der Waals surface area contributed by atoms with E-state index < -0.39 is 0 Å². The molecule has 18 heavy (non-hydrogen) atoms. The number of nitrogens with two attached hydrogens (primary N) is 1. The molecule has 1 heterocycles. The van der Waals surface area contributed by atoms with Crippen LogP contribution in [-0.4, -0.2) is 23.9 Å². The van der Waals surface area contributed by atoms with Gasteiger partial charge in [0.15, 0.2) is 5.96 Å². The highest BCUT2D eigenvalue weighted by Crippen LogP contribution is 2.27. The molecule has 0 aliphatic carbocycles. The molecule has 1 aliphatic rings. The first-order valence-corrected chi connectivity index (χ1v) is 6.31. The van der Waals surface area contributed by atoms with Gasteiger partial charge in [0.25, 0.3) is 0 Å². The van der Waals surface area contributed by atoms with Gasteiger partial charge in [-0.2, -0.15) is 0 Å². The number of rotatable bonds is 3. The Bertz CT molecular complexity index is 468. The summed E-state index contributed by atoms with van der Waals surface area (Å²) >= 11 is 0. The highest BCUT2D eigenvalue weighted by atomic mass is 19.1. The van der Waals surface area contributed by atoms with Crippen LogP contribution in [-0.2, 0) is 0 Å². The van der Waals surface area contributed by atoms with E-state index in [9.17, 15) is 4.39 Å². The van der Waals surface area contributed by atoms with Crippen molar-refractivity contribution in [2.75, 3.05) is 13.1 Å². The van der Waals surface area contributed by atoms with E-state index in [0.29, 0.717) is 24.0 Å². The molecule has 0 saturated carbocycles. The van der Waals surface area contributed by atoms with Gasteiger partial charge < -0.3 is 10.6 Å². The Morgan fingerprint density at radius 1 is 1.50 bits per heavy atom. The second-order valence-electron chi connectivity index (χ2n) is 5.27. The Hall–Kier alpha value is -1.58. The van der Waals surface area contributed by atoms with Gasteiger partial charge >= 0.3 is 0 Å². The molecule has 2 N–H and O–H groups in total. The summed E-state index contributed by atoms with van der Waals surface area (Å²) in [5.41, 5.74) is 7.68. The van der Waals surface area contributed by atoms with Crippen molar-refractivity contribution in [2.24, 2.45) is 16.6 Å². The third kappa shape index (κ3) is 2.47. The minimum atomic E-state index is -0.166. The predicted molar refractivity (Wildman–Crippen MR) is 71.9 cm³/mol. The molecular weight excluding hydrogens is 229 g/mol. The fourth-order valence-electron chi connectivity index (χ4n) is 2.30. The number of aliphatic imine (C=N–C) groups is 1. The van der Waals surface area contributed by atoms with Crippen LogP contribution in [0.15, 0.2) is 23.2 Å². The van der Waals surface area contributed by atoms with E-state index in [1.165, 1.54) is 6.07 Å². The van der Waals surface area contributed by atoms with Crippen molar-refractivity contribution in [3.05, 3.63) is 35.1 Å². The summed E-state index contributed by atoms with van der Waals surface area (Å²) in [5, 5.41) is 0. The van der Waals surface area contributed by atoms with Gasteiger partial charge in [-0.1, -0.05) is 26.0 Å². The second-order valence-corrected chi connectivity index (χ2v) is 5.27. The predicted octanol–water partition coefficient (Wildman–Crippen LogP) is 2.46. The van der Waals surface area contributed by atoms with Gasteiger partial charge in [-0.15, -0.1) is 0 Å². The van der Waals surface area contributed by atoms with Crippen LogP contribution >= 0.6 is 0 Å². The molecule has 1 aromatic carbocycles. The van der Waals surface area contributed by atoms with Gasteiger partial charge in [0.05, 0.1) is 12.6 Å². The zero-order valence-electron chi connectivity index (χ0n) is 11.2. The number of aryl methyl sites for hydroxylation is 1. The van der Waals surface area contributed by atoms with Crippen molar-refractivity contribution in [1.82, 2.24) is 4.90 Å². The van der Waals surface area contributed by atoms with Crippen molar-refractivity contribution in [1.29, 1.82) is 0 Å². The molecule has 1 unspecified atom stereocenters. The summed E-state index contributed by atoms with van der Waals surface area (Å²) in [6, 6.07) is 5.38. The van der Waals surface area contributed by atoms with Crippen LogP contribution in [0.3, 0.4) is 0 Å². The molecule has 98 valence electrons. The molecule has 0 fully saturated rings. The Balaban J connectivity index is 2.24. The van der Waals surface area contributed by atoms with Gasteiger partial charge in [-0.05, 0) is 30.0 Å². The molecule has 0 amide bonds. The topological polar surface area (TPSA) is 41.6 Å². The van der Waals surface area contributed by atoms with E-state index >= 15 is 0 Å². The van der Waals surface area contributed by atoms with E-state index in [0.717, 1.165) is 12.1 Å². The quantitative estimate of drug-likeness (QED) is 0.894. The second kappa shape index (κ2) is 4.96. The smallest absolute Gasteiger partial charge is 0.191 e. The molecule has 2 rings (SSSR count). The fourth-order valence-corrected chi connectivity index (χ4v) is 2.30. The molecule has 1 aromatic rings. The van der Waals surface area contributed by atoms with Crippen molar-refractivity contribution >= 4 is 5.96 Å². The van der Waals surface area contributed by atoms with Crippen LogP contribution in [0.1, 0.15) is 31.0 Å². The molecule has 0 bridgehead atoms. The summed E-state index contributed by atoms with van der Waals surface area (Å²) < 4.78 is 13.3. The molecular formula is C14H20FN3. The number of hydrogen-bond acceptors (Lipinski definition) is 3. The average Bonchev–Trinajstić information content (AvgIpc) is 2.64. The highest BCUT2D eigenvalue weighted by Gasteiger charge is 2.27. The van der Waals surface area contributed by atoms with Gasteiger partial charge in [0.2, 0.25) is 0 Å². The molecule has 0 spiro atoms. The molecule has 3 nitrogen and oxygen atoms in total. The van der Waals surface area contributed by atoms with Gasteiger partial charge in [-0.3, -0.25) is 4.99 Å². The number of halogens is 1. The zero-order valence-corrected chi connectivity index (χ0v) is 11.2. The lowest BCUT2D eigenvalue weighted by molar-refractivity contribution is 0.309. The Morgan fingerprint density at radius 3 is 2.83 bits per heavy atom. The lowest BCUT2D eigenvalue weighted by Gasteiger charge is -2.28. The minimum absolute atomic E-state index is 0.145. The normalized spacial score (nSPS) is 19.5. The summed E-state index contributed by atoms with van der Waals surface area (Å²) in [4.78, 5) is 6.42. The van der Waals surface area contributed by atoms with Crippen molar-refractivity contribution in [3.8, 4) is 0 Å².